The standard InChI is InChI=1S/C20H27N4O2S.2ClH/c1-12-18(5-6-26-20(25)17-8-14-3-4-15(17)7-14)27-11-24(12)10-16-9-22-13(2)23-19(16)21;;/h9,11,14-15,17H,3-8,10H2,1-2H3,(H2,21,22,23);2*1H/q+1;;/p-1. The number of nitrogens with zero attached hydrogens (tertiary/aromatic N) is 3. The van der Waals surface area contributed by atoms with E-state index in [4.69, 9.17) is 10.5 Å². The van der Waals surface area contributed by atoms with E-state index < -0.39 is 0 Å². The van der Waals surface area contributed by atoms with Crippen LogP contribution >= 0.6 is 23.7 Å². The third-order valence-corrected chi connectivity index (χ3v) is 7.27. The summed E-state index contributed by atoms with van der Waals surface area (Å²) >= 11 is 1.69. The first-order chi connectivity index (χ1) is 13.0. The molecule has 0 spiro atoms. The molecule has 0 aliphatic heterocycles. The average Bonchev–Trinajstić information content (AvgIpc) is 3.35. The Hall–Kier alpha value is -1.44. The van der Waals surface area contributed by atoms with Gasteiger partial charge in [-0.15, -0.1) is 12.4 Å². The SMILES string of the molecule is Cc1ncc(C[n+]2csc(CCOC(=O)C3CC4CCC3C4)c2C)c(N)n1.Cl.[Cl-]. The quantitative estimate of drug-likeness (QED) is 0.487. The van der Waals surface area contributed by atoms with E-state index in [1.54, 1.807) is 17.5 Å². The highest BCUT2D eigenvalue weighted by atomic mass is 35.5. The molecule has 2 heterocycles. The predicted molar refractivity (Wildman–Crippen MR) is 110 cm³/mol. The van der Waals surface area contributed by atoms with Gasteiger partial charge < -0.3 is 22.9 Å². The summed E-state index contributed by atoms with van der Waals surface area (Å²) in [6, 6.07) is 0. The number of aromatic nitrogens is 3. The van der Waals surface area contributed by atoms with Crippen molar-refractivity contribution in [3.8, 4) is 0 Å². The summed E-state index contributed by atoms with van der Waals surface area (Å²) in [7, 11) is 0. The van der Waals surface area contributed by atoms with Gasteiger partial charge in [-0.2, -0.15) is 4.57 Å². The summed E-state index contributed by atoms with van der Waals surface area (Å²) in [4.78, 5) is 22.1. The smallest absolute Gasteiger partial charge is 0.309 e. The third kappa shape index (κ3) is 5.19. The Morgan fingerprint density at radius 3 is 2.79 bits per heavy atom. The summed E-state index contributed by atoms with van der Waals surface area (Å²) in [6.45, 7) is 5.04. The van der Waals surface area contributed by atoms with Gasteiger partial charge in [-0.05, 0) is 38.0 Å². The van der Waals surface area contributed by atoms with E-state index in [9.17, 15) is 4.79 Å². The van der Waals surface area contributed by atoms with E-state index in [1.165, 1.54) is 29.8 Å². The van der Waals surface area contributed by atoms with Gasteiger partial charge in [0.05, 0.1) is 23.0 Å². The molecule has 2 aliphatic carbocycles. The van der Waals surface area contributed by atoms with E-state index in [2.05, 4.69) is 27.0 Å². The zero-order valence-electron chi connectivity index (χ0n) is 16.8. The Kier molecular flexibility index (Phi) is 8.26. The summed E-state index contributed by atoms with van der Waals surface area (Å²) in [5.41, 5.74) is 10.2. The normalized spacial score (nSPS) is 22.1. The summed E-state index contributed by atoms with van der Waals surface area (Å²) in [5.74, 6) is 2.74. The second-order valence-corrected chi connectivity index (χ2v) is 8.83. The number of hydrogen-bond acceptors (Lipinski definition) is 6. The Morgan fingerprint density at radius 1 is 1.34 bits per heavy atom. The zero-order chi connectivity index (χ0) is 19.0. The molecule has 2 saturated carbocycles. The van der Waals surface area contributed by atoms with Gasteiger partial charge in [0.25, 0.3) is 0 Å². The van der Waals surface area contributed by atoms with Gasteiger partial charge in [0.1, 0.15) is 11.6 Å². The lowest BCUT2D eigenvalue weighted by molar-refractivity contribution is -0.689. The monoisotopic (exact) mass is 458 g/mol. The number of rotatable bonds is 6. The Morgan fingerprint density at radius 2 is 2.14 bits per heavy atom. The van der Waals surface area contributed by atoms with Crippen molar-refractivity contribution in [1.82, 2.24) is 9.97 Å². The minimum atomic E-state index is 0. The van der Waals surface area contributed by atoms with Gasteiger partial charge in [0, 0.05) is 19.5 Å². The number of hydrogen-bond donors (Lipinski definition) is 1. The van der Waals surface area contributed by atoms with Gasteiger partial charge >= 0.3 is 5.97 Å². The molecule has 0 radical (unpaired) electrons. The van der Waals surface area contributed by atoms with Crippen LogP contribution in [0.5, 0.6) is 0 Å². The van der Waals surface area contributed by atoms with Gasteiger partial charge in [0.2, 0.25) is 5.51 Å². The van der Waals surface area contributed by atoms with Crippen LogP contribution in [0.2, 0.25) is 0 Å². The fourth-order valence-corrected chi connectivity index (χ4v) is 5.53. The molecule has 0 aromatic carbocycles. The van der Waals surface area contributed by atoms with Crippen molar-refractivity contribution in [3.05, 3.63) is 33.7 Å². The van der Waals surface area contributed by atoms with Crippen molar-refractivity contribution in [2.75, 3.05) is 12.3 Å². The van der Waals surface area contributed by atoms with E-state index in [1.807, 2.05) is 6.92 Å². The molecule has 2 bridgehead atoms. The van der Waals surface area contributed by atoms with Crippen LogP contribution < -0.4 is 22.7 Å². The van der Waals surface area contributed by atoms with Crippen molar-refractivity contribution >= 4 is 35.5 Å². The van der Waals surface area contributed by atoms with Crippen molar-refractivity contribution in [2.24, 2.45) is 17.8 Å². The molecule has 4 rings (SSSR count). The minimum absolute atomic E-state index is 0. The van der Waals surface area contributed by atoms with Crippen molar-refractivity contribution < 1.29 is 26.5 Å². The lowest BCUT2D eigenvalue weighted by Crippen LogP contribution is -3.00. The lowest BCUT2D eigenvalue weighted by Gasteiger charge is -2.19. The Bertz CT molecular complexity index is 861. The second-order valence-electron chi connectivity index (χ2n) is 7.89. The van der Waals surface area contributed by atoms with Crippen molar-refractivity contribution in [2.45, 2.75) is 52.5 Å². The molecular formula is C20H28Cl2N4O2S. The summed E-state index contributed by atoms with van der Waals surface area (Å²) < 4.78 is 7.77. The number of carbonyl (C=O) groups is 1. The fourth-order valence-electron chi connectivity index (χ4n) is 4.55. The number of anilines is 1. The summed E-state index contributed by atoms with van der Waals surface area (Å²) in [6.07, 6.45) is 7.34. The molecule has 2 aromatic heterocycles. The number of carbonyl (C=O) groups excluding carboxylic acids is 1. The highest BCUT2D eigenvalue weighted by Gasteiger charge is 2.43. The molecule has 29 heavy (non-hydrogen) atoms. The lowest BCUT2D eigenvalue weighted by atomic mass is 9.89. The maximum absolute atomic E-state index is 12.4. The van der Waals surface area contributed by atoms with Crippen LogP contribution in [0.1, 0.15) is 47.6 Å². The minimum Gasteiger partial charge on any atom is -1.00 e. The number of ether oxygens (including phenoxy) is 1. The molecule has 0 saturated heterocycles. The molecule has 160 valence electrons. The highest BCUT2D eigenvalue weighted by molar-refractivity contribution is 7.09. The van der Waals surface area contributed by atoms with E-state index in [-0.39, 0.29) is 36.7 Å². The topological polar surface area (TPSA) is 82.0 Å². The number of fused-ring (bicyclic) bond motifs is 2. The molecule has 0 amide bonds. The zero-order valence-corrected chi connectivity index (χ0v) is 19.2. The predicted octanol–water partition coefficient (Wildman–Crippen LogP) is 0.0206. The maximum Gasteiger partial charge on any atom is 0.309 e. The molecule has 2 N–H and O–H groups in total. The van der Waals surface area contributed by atoms with Gasteiger partial charge in [-0.25, -0.2) is 9.97 Å². The number of aryl methyl sites for hydroxylation is 1. The highest BCUT2D eigenvalue weighted by Crippen LogP contribution is 2.48. The first kappa shape index (κ1) is 23.8. The van der Waals surface area contributed by atoms with Crippen LogP contribution in [0.3, 0.4) is 0 Å². The molecule has 3 unspecified atom stereocenters. The largest absolute Gasteiger partial charge is 1.00 e. The number of nitrogen functional groups attached to an aromatic ring is 1. The Balaban J connectivity index is 0.00000150. The molecule has 2 aliphatic rings. The molecule has 9 heteroatoms. The molecule has 3 atom stereocenters. The molecule has 6 nitrogen and oxygen atoms in total. The van der Waals surface area contributed by atoms with E-state index in [0.717, 1.165) is 24.3 Å². The van der Waals surface area contributed by atoms with Crippen LogP contribution in [-0.2, 0) is 22.5 Å². The van der Waals surface area contributed by atoms with Gasteiger partial charge in [-0.3, -0.25) is 4.79 Å². The number of thiazole rings is 1. The molecular weight excluding hydrogens is 431 g/mol. The number of nitrogens with two attached hydrogens (primary N) is 1. The molecule has 2 fully saturated rings. The van der Waals surface area contributed by atoms with Gasteiger partial charge in [-0.1, -0.05) is 17.8 Å². The number of esters is 1. The van der Waals surface area contributed by atoms with Crippen LogP contribution in [0.15, 0.2) is 11.7 Å². The van der Waals surface area contributed by atoms with Crippen LogP contribution in [0.4, 0.5) is 5.82 Å². The van der Waals surface area contributed by atoms with Crippen molar-refractivity contribution in [3.63, 3.8) is 0 Å². The second kappa shape index (κ2) is 10.0. The Labute approximate surface area is 188 Å². The number of halogens is 2. The van der Waals surface area contributed by atoms with Crippen LogP contribution in [0, 0.1) is 31.6 Å². The fraction of sp³-hybridized carbons (Fsp3) is 0.600. The summed E-state index contributed by atoms with van der Waals surface area (Å²) in [5, 5.41) is 0. The first-order valence-electron chi connectivity index (χ1n) is 9.72. The van der Waals surface area contributed by atoms with Crippen molar-refractivity contribution in [1.29, 1.82) is 0 Å². The maximum atomic E-state index is 12.4. The van der Waals surface area contributed by atoms with E-state index >= 15 is 0 Å². The van der Waals surface area contributed by atoms with Crippen LogP contribution in [-0.4, -0.2) is 22.5 Å². The average molecular weight is 459 g/mol. The van der Waals surface area contributed by atoms with Gasteiger partial charge in [0.15, 0.2) is 12.2 Å². The molecule has 2 aromatic rings. The third-order valence-electron chi connectivity index (χ3n) is 6.13. The van der Waals surface area contributed by atoms with E-state index in [0.29, 0.717) is 30.7 Å². The first-order valence-corrected chi connectivity index (χ1v) is 10.6. The van der Waals surface area contributed by atoms with Crippen LogP contribution in [0.25, 0.3) is 0 Å².